The summed E-state index contributed by atoms with van der Waals surface area (Å²) in [6, 6.07) is 4.57. The van der Waals surface area contributed by atoms with Gasteiger partial charge in [-0.2, -0.15) is 0 Å². The topological polar surface area (TPSA) is 76.2 Å². The molecule has 15 heavy (non-hydrogen) atoms. The van der Waals surface area contributed by atoms with E-state index in [1.165, 1.54) is 12.3 Å². The second-order valence-electron chi connectivity index (χ2n) is 2.74. The van der Waals surface area contributed by atoms with Gasteiger partial charge in [-0.25, -0.2) is 4.79 Å². The van der Waals surface area contributed by atoms with Gasteiger partial charge in [0.05, 0.1) is 10.7 Å². The zero-order valence-electron chi connectivity index (χ0n) is 7.35. The molecule has 0 aliphatic heterocycles. The molecule has 2 aromatic heterocycles. The van der Waals surface area contributed by atoms with Gasteiger partial charge in [0, 0.05) is 12.3 Å². The Labute approximate surface area is 89.3 Å². The summed E-state index contributed by atoms with van der Waals surface area (Å²) in [7, 11) is 0. The maximum atomic E-state index is 10.5. The lowest BCUT2D eigenvalue weighted by molar-refractivity contribution is 0.0652. The van der Waals surface area contributed by atoms with Gasteiger partial charge < -0.3 is 9.63 Å². The first-order valence-electron chi connectivity index (χ1n) is 3.99. The number of rotatable bonds is 2. The molecule has 0 aliphatic rings. The molecule has 1 N–H and O–H groups in total. The molecule has 0 saturated carbocycles. The van der Waals surface area contributed by atoms with Gasteiger partial charge in [0.1, 0.15) is 5.69 Å². The van der Waals surface area contributed by atoms with E-state index in [-0.39, 0.29) is 5.76 Å². The number of hydrogen-bond donors (Lipinski definition) is 1. The van der Waals surface area contributed by atoms with Crippen molar-refractivity contribution in [3.63, 3.8) is 0 Å². The molecular weight excluding hydrogens is 220 g/mol. The fourth-order valence-electron chi connectivity index (χ4n) is 1.02. The molecule has 2 aromatic rings. The molecular formula is C9H5ClN2O3. The van der Waals surface area contributed by atoms with E-state index in [0.29, 0.717) is 16.4 Å². The molecule has 0 bridgehead atoms. The van der Waals surface area contributed by atoms with E-state index in [1.54, 1.807) is 12.1 Å². The lowest BCUT2D eigenvalue weighted by Gasteiger charge is -1.92. The van der Waals surface area contributed by atoms with Crippen LogP contribution < -0.4 is 0 Å². The third kappa shape index (κ3) is 1.97. The first kappa shape index (κ1) is 9.67. The van der Waals surface area contributed by atoms with Crippen molar-refractivity contribution in [3.05, 3.63) is 35.2 Å². The second-order valence-corrected chi connectivity index (χ2v) is 3.18. The summed E-state index contributed by atoms with van der Waals surface area (Å²) in [5.41, 5.74) is 0.875. The minimum Gasteiger partial charge on any atom is -0.475 e. The molecule has 0 fully saturated rings. The number of pyridine rings is 1. The Morgan fingerprint density at radius 3 is 2.73 bits per heavy atom. The summed E-state index contributed by atoms with van der Waals surface area (Å²) in [4.78, 5) is 14.5. The largest absolute Gasteiger partial charge is 0.475 e. The minimum atomic E-state index is -1.16. The average Bonchev–Trinajstić information content (AvgIpc) is 2.68. The molecule has 76 valence electrons. The normalized spacial score (nSPS) is 10.2. The van der Waals surface area contributed by atoms with Crippen LogP contribution in [0.1, 0.15) is 10.6 Å². The number of nitrogens with zero attached hydrogens (tertiary/aromatic N) is 2. The van der Waals surface area contributed by atoms with Gasteiger partial charge in [-0.3, -0.25) is 4.98 Å². The van der Waals surface area contributed by atoms with Crippen molar-refractivity contribution in [3.8, 4) is 11.4 Å². The van der Waals surface area contributed by atoms with Gasteiger partial charge >= 0.3 is 5.97 Å². The highest BCUT2D eigenvalue weighted by Crippen LogP contribution is 2.18. The van der Waals surface area contributed by atoms with Crippen molar-refractivity contribution >= 4 is 17.6 Å². The highest BCUT2D eigenvalue weighted by molar-refractivity contribution is 6.30. The van der Waals surface area contributed by atoms with E-state index >= 15 is 0 Å². The molecule has 0 aliphatic carbocycles. The SMILES string of the molecule is O=C(O)c1cc(-c2ccc(Cl)cn2)no1. The van der Waals surface area contributed by atoms with Crippen molar-refractivity contribution in [2.45, 2.75) is 0 Å². The molecule has 0 spiro atoms. The molecule has 0 aromatic carbocycles. The number of carboxylic acid groups (broad SMARTS) is 1. The smallest absolute Gasteiger partial charge is 0.374 e. The van der Waals surface area contributed by atoms with E-state index < -0.39 is 5.97 Å². The van der Waals surface area contributed by atoms with E-state index in [2.05, 4.69) is 14.7 Å². The number of aromatic carboxylic acids is 1. The Morgan fingerprint density at radius 2 is 2.20 bits per heavy atom. The van der Waals surface area contributed by atoms with Crippen molar-refractivity contribution < 1.29 is 14.4 Å². The van der Waals surface area contributed by atoms with Gasteiger partial charge in [0.2, 0.25) is 5.76 Å². The summed E-state index contributed by atoms with van der Waals surface area (Å²) < 4.78 is 4.59. The van der Waals surface area contributed by atoms with Gasteiger partial charge in [-0.1, -0.05) is 16.8 Å². The predicted octanol–water partition coefficient (Wildman–Crippen LogP) is 2.09. The third-order valence-electron chi connectivity index (χ3n) is 1.71. The standard InChI is InChI=1S/C9H5ClN2O3/c10-5-1-2-6(11-4-5)7-3-8(9(13)14)15-12-7/h1-4H,(H,13,14). The van der Waals surface area contributed by atoms with Crippen LogP contribution in [0.4, 0.5) is 0 Å². The van der Waals surface area contributed by atoms with Crippen LogP contribution in [0.15, 0.2) is 28.9 Å². The Morgan fingerprint density at radius 1 is 1.40 bits per heavy atom. The van der Waals surface area contributed by atoms with Crippen LogP contribution in [-0.4, -0.2) is 21.2 Å². The Balaban J connectivity index is 2.37. The fourth-order valence-corrected chi connectivity index (χ4v) is 1.14. The molecule has 0 radical (unpaired) electrons. The molecule has 0 saturated heterocycles. The van der Waals surface area contributed by atoms with Crippen LogP contribution in [0.2, 0.25) is 5.02 Å². The summed E-state index contributed by atoms with van der Waals surface area (Å²) in [6.07, 6.45) is 1.45. The molecule has 5 nitrogen and oxygen atoms in total. The van der Waals surface area contributed by atoms with Gasteiger partial charge in [-0.05, 0) is 12.1 Å². The zero-order valence-corrected chi connectivity index (χ0v) is 8.10. The molecule has 0 atom stereocenters. The van der Waals surface area contributed by atoms with Crippen molar-refractivity contribution in [2.75, 3.05) is 0 Å². The predicted molar refractivity (Wildman–Crippen MR) is 51.7 cm³/mol. The summed E-state index contributed by atoms with van der Waals surface area (Å²) >= 11 is 5.65. The summed E-state index contributed by atoms with van der Waals surface area (Å²) in [5.74, 6) is -1.38. The summed E-state index contributed by atoms with van der Waals surface area (Å²) in [5, 5.41) is 12.7. The Hall–Kier alpha value is -1.88. The number of carbonyl (C=O) groups is 1. The van der Waals surface area contributed by atoms with E-state index in [0.717, 1.165) is 0 Å². The van der Waals surface area contributed by atoms with Crippen LogP contribution in [0.25, 0.3) is 11.4 Å². The lowest BCUT2D eigenvalue weighted by atomic mass is 10.2. The maximum Gasteiger partial charge on any atom is 0.374 e. The maximum absolute atomic E-state index is 10.5. The van der Waals surface area contributed by atoms with Crippen molar-refractivity contribution in [1.29, 1.82) is 0 Å². The van der Waals surface area contributed by atoms with Gasteiger partial charge in [0.25, 0.3) is 0 Å². The first-order chi connectivity index (χ1) is 7.16. The Kier molecular flexibility index (Phi) is 2.39. The van der Waals surface area contributed by atoms with Crippen molar-refractivity contribution in [1.82, 2.24) is 10.1 Å². The molecule has 6 heteroatoms. The highest BCUT2D eigenvalue weighted by atomic mass is 35.5. The van der Waals surface area contributed by atoms with Gasteiger partial charge in [0.15, 0.2) is 0 Å². The third-order valence-corrected chi connectivity index (χ3v) is 1.93. The average molecular weight is 225 g/mol. The molecule has 0 amide bonds. The Bertz CT molecular complexity index is 492. The molecule has 0 unspecified atom stereocenters. The van der Waals surface area contributed by atoms with E-state index in [4.69, 9.17) is 16.7 Å². The lowest BCUT2D eigenvalue weighted by Crippen LogP contribution is -1.91. The van der Waals surface area contributed by atoms with Gasteiger partial charge in [-0.15, -0.1) is 0 Å². The number of carboxylic acids is 1. The fraction of sp³-hybridized carbons (Fsp3) is 0. The second kappa shape index (κ2) is 3.70. The zero-order chi connectivity index (χ0) is 10.8. The number of hydrogen-bond acceptors (Lipinski definition) is 4. The molecule has 2 rings (SSSR count). The highest BCUT2D eigenvalue weighted by Gasteiger charge is 2.12. The van der Waals surface area contributed by atoms with E-state index in [1.807, 2.05) is 0 Å². The van der Waals surface area contributed by atoms with Crippen LogP contribution in [0.3, 0.4) is 0 Å². The van der Waals surface area contributed by atoms with Crippen LogP contribution in [-0.2, 0) is 0 Å². The quantitative estimate of drug-likeness (QED) is 0.845. The van der Waals surface area contributed by atoms with Crippen LogP contribution in [0.5, 0.6) is 0 Å². The van der Waals surface area contributed by atoms with Crippen LogP contribution in [0, 0.1) is 0 Å². The monoisotopic (exact) mass is 224 g/mol. The minimum absolute atomic E-state index is 0.221. The van der Waals surface area contributed by atoms with E-state index in [9.17, 15) is 4.79 Å². The van der Waals surface area contributed by atoms with Crippen LogP contribution >= 0.6 is 11.6 Å². The number of aromatic nitrogens is 2. The number of halogens is 1. The first-order valence-corrected chi connectivity index (χ1v) is 4.36. The van der Waals surface area contributed by atoms with Crippen molar-refractivity contribution in [2.24, 2.45) is 0 Å². The summed E-state index contributed by atoms with van der Waals surface area (Å²) in [6.45, 7) is 0. The molecule has 2 heterocycles.